The second kappa shape index (κ2) is 12.8. The van der Waals surface area contributed by atoms with Gasteiger partial charge in [-0.15, -0.1) is 0 Å². The number of hydrogen-bond donors (Lipinski definition) is 5. The minimum atomic E-state index is -4.68. The molecule has 0 spiro atoms. The molecule has 0 aliphatic rings. The fourth-order valence-electron chi connectivity index (χ4n) is 3.69. The number of amides is 3. The van der Waals surface area contributed by atoms with Crippen LogP contribution in [0.2, 0.25) is 0 Å². The molecule has 0 saturated carbocycles. The summed E-state index contributed by atoms with van der Waals surface area (Å²) in [6.07, 6.45) is -4.40. The first-order valence-corrected chi connectivity index (χ1v) is 12.2. The van der Waals surface area contributed by atoms with E-state index in [1.807, 2.05) is 46.8 Å². The second-order valence-corrected chi connectivity index (χ2v) is 10.3. The lowest BCUT2D eigenvalue weighted by atomic mass is 10.1. The normalized spacial score (nSPS) is 12.5. The zero-order valence-corrected chi connectivity index (χ0v) is 22.3. The van der Waals surface area contributed by atoms with Crippen molar-refractivity contribution < 1.29 is 27.6 Å². The summed E-state index contributed by atoms with van der Waals surface area (Å²) < 4.78 is 39.1. The zero-order chi connectivity index (χ0) is 28.7. The smallest absolute Gasteiger partial charge is 0.399 e. The number of nitrogens with two attached hydrogens (primary N) is 1. The fraction of sp³-hybridized carbons (Fsp3) is 0.444. The van der Waals surface area contributed by atoms with Crippen LogP contribution in [0.5, 0.6) is 0 Å². The highest BCUT2D eigenvalue weighted by atomic mass is 19.4. The van der Waals surface area contributed by atoms with Crippen molar-refractivity contribution in [1.82, 2.24) is 21.3 Å². The number of carbonyl (C=O) groups is 3. The Balaban J connectivity index is 1.98. The van der Waals surface area contributed by atoms with E-state index in [2.05, 4.69) is 27.3 Å². The molecule has 1 atom stereocenters. The van der Waals surface area contributed by atoms with Gasteiger partial charge in [0.05, 0.1) is 12.1 Å². The molecule has 0 saturated heterocycles. The van der Waals surface area contributed by atoms with Crippen molar-refractivity contribution in [2.24, 2.45) is 0 Å². The Morgan fingerprint density at radius 2 is 1.68 bits per heavy atom. The van der Waals surface area contributed by atoms with Gasteiger partial charge >= 0.3 is 6.18 Å². The van der Waals surface area contributed by atoms with Crippen LogP contribution in [-0.4, -0.2) is 42.4 Å². The Hall–Kier alpha value is -3.60. The van der Waals surface area contributed by atoms with E-state index >= 15 is 0 Å². The molecular formula is C27H36F3N5O3. The molecule has 0 fully saturated rings. The maximum Gasteiger partial charge on any atom is 0.416 e. The van der Waals surface area contributed by atoms with E-state index in [0.717, 1.165) is 28.8 Å². The number of rotatable bonds is 10. The topological polar surface area (TPSA) is 125 Å². The van der Waals surface area contributed by atoms with E-state index in [0.29, 0.717) is 19.2 Å². The van der Waals surface area contributed by atoms with Gasteiger partial charge in [-0.3, -0.25) is 14.4 Å². The molecule has 38 heavy (non-hydrogen) atoms. The Kier molecular flexibility index (Phi) is 10.3. The molecule has 8 nitrogen and oxygen atoms in total. The number of hydrogen-bond acceptors (Lipinski definition) is 5. The van der Waals surface area contributed by atoms with Crippen LogP contribution in [-0.2, 0) is 22.3 Å². The molecular weight excluding hydrogens is 499 g/mol. The number of alkyl halides is 3. The lowest BCUT2D eigenvalue weighted by molar-refractivity contribution is -0.137. The van der Waals surface area contributed by atoms with E-state index < -0.39 is 47.6 Å². The van der Waals surface area contributed by atoms with Crippen LogP contribution in [0.4, 0.5) is 18.9 Å². The van der Waals surface area contributed by atoms with Crippen molar-refractivity contribution in [3.63, 3.8) is 0 Å². The van der Waals surface area contributed by atoms with Crippen molar-refractivity contribution in [3.8, 4) is 0 Å². The van der Waals surface area contributed by atoms with Crippen LogP contribution in [0, 0.1) is 13.8 Å². The summed E-state index contributed by atoms with van der Waals surface area (Å²) in [6.45, 7) is 9.93. The zero-order valence-electron chi connectivity index (χ0n) is 22.3. The highest BCUT2D eigenvalue weighted by molar-refractivity contribution is 5.98. The van der Waals surface area contributed by atoms with E-state index in [4.69, 9.17) is 5.73 Å². The average molecular weight is 536 g/mol. The average Bonchev–Trinajstić information content (AvgIpc) is 2.78. The van der Waals surface area contributed by atoms with Gasteiger partial charge in [-0.25, -0.2) is 0 Å². The van der Waals surface area contributed by atoms with Crippen LogP contribution < -0.4 is 27.0 Å². The van der Waals surface area contributed by atoms with Gasteiger partial charge in [-0.2, -0.15) is 13.2 Å². The number of nitrogens with one attached hydrogen (secondary N) is 4. The molecule has 2 aromatic carbocycles. The van der Waals surface area contributed by atoms with Crippen molar-refractivity contribution in [1.29, 1.82) is 0 Å². The largest absolute Gasteiger partial charge is 0.416 e. The Labute approximate surface area is 220 Å². The highest BCUT2D eigenvalue weighted by Crippen LogP contribution is 2.31. The summed E-state index contributed by atoms with van der Waals surface area (Å²) in [6, 6.07) is 7.70. The Morgan fingerprint density at radius 3 is 2.29 bits per heavy atom. The molecule has 0 aromatic heterocycles. The van der Waals surface area contributed by atoms with Gasteiger partial charge in [0.1, 0.15) is 6.04 Å². The van der Waals surface area contributed by atoms with Crippen LogP contribution in [0.1, 0.15) is 59.8 Å². The summed E-state index contributed by atoms with van der Waals surface area (Å²) >= 11 is 0. The number of anilines is 1. The minimum absolute atomic E-state index is 0.235. The SMILES string of the molecule is Cc1ccc(CNCC[C@H](NC(=O)CNC(=O)c2cc(N)cc(C(F)(F)F)c2)C(=O)NC(C)(C)C)c(C)c1. The molecule has 11 heteroatoms. The van der Waals surface area contributed by atoms with E-state index in [1.165, 1.54) is 0 Å². The monoisotopic (exact) mass is 535 g/mol. The van der Waals surface area contributed by atoms with Gasteiger partial charge in [0, 0.05) is 23.3 Å². The van der Waals surface area contributed by atoms with Gasteiger partial charge in [0.2, 0.25) is 11.8 Å². The first-order chi connectivity index (χ1) is 17.5. The predicted molar refractivity (Wildman–Crippen MR) is 140 cm³/mol. The summed E-state index contributed by atoms with van der Waals surface area (Å²) in [5.74, 6) is -1.96. The first-order valence-electron chi connectivity index (χ1n) is 12.2. The summed E-state index contributed by atoms with van der Waals surface area (Å²) in [5, 5.41) is 11.0. The van der Waals surface area contributed by atoms with Crippen molar-refractivity contribution in [3.05, 3.63) is 64.2 Å². The van der Waals surface area contributed by atoms with E-state index in [9.17, 15) is 27.6 Å². The first kappa shape index (κ1) is 30.6. The molecule has 0 aliphatic carbocycles. The third kappa shape index (κ3) is 10.0. The van der Waals surface area contributed by atoms with Crippen molar-refractivity contribution in [2.75, 3.05) is 18.8 Å². The van der Waals surface area contributed by atoms with Crippen LogP contribution in [0.15, 0.2) is 36.4 Å². The molecule has 2 rings (SSSR count). The molecule has 3 amide bonds. The Morgan fingerprint density at radius 1 is 1.00 bits per heavy atom. The number of benzene rings is 2. The Bertz CT molecular complexity index is 1160. The quantitative estimate of drug-likeness (QED) is 0.236. The summed E-state index contributed by atoms with van der Waals surface area (Å²) in [5.41, 5.74) is 6.75. The predicted octanol–water partition coefficient (Wildman–Crippen LogP) is 3.21. The molecule has 0 aliphatic heterocycles. The minimum Gasteiger partial charge on any atom is -0.399 e. The van der Waals surface area contributed by atoms with E-state index in [-0.39, 0.29) is 17.7 Å². The van der Waals surface area contributed by atoms with Gasteiger partial charge in [-0.1, -0.05) is 23.8 Å². The third-order valence-corrected chi connectivity index (χ3v) is 5.53. The second-order valence-electron chi connectivity index (χ2n) is 10.3. The molecule has 0 unspecified atom stereocenters. The number of aryl methyl sites for hydroxylation is 2. The molecule has 2 aromatic rings. The molecule has 6 N–H and O–H groups in total. The van der Waals surface area contributed by atoms with Gasteiger partial charge < -0.3 is 27.0 Å². The maximum atomic E-state index is 13.0. The molecule has 208 valence electrons. The third-order valence-electron chi connectivity index (χ3n) is 5.53. The maximum absolute atomic E-state index is 13.0. The van der Waals surface area contributed by atoms with Crippen LogP contribution in [0.25, 0.3) is 0 Å². The molecule has 0 heterocycles. The number of carbonyl (C=O) groups excluding carboxylic acids is 3. The van der Waals surface area contributed by atoms with Gasteiger partial charge in [-0.05, 0) is 76.9 Å². The number of nitrogen functional groups attached to an aromatic ring is 1. The number of halogens is 3. The van der Waals surface area contributed by atoms with Crippen molar-refractivity contribution >= 4 is 23.4 Å². The van der Waals surface area contributed by atoms with Gasteiger partial charge in [0.15, 0.2) is 0 Å². The van der Waals surface area contributed by atoms with Crippen LogP contribution in [0.3, 0.4) is 0 Å². The molecule has 0 bridgehead atoms. The van der Waals surface area contributed by atoms with Crippen LogP contribution >= 0.6 is 0 Å². The molecule has 0 radical (unpaired) electrons. The standard InChI is InChI=1S/C27H36F3N5O3/c1-16-6-7-18(17(2)10-16)14-32-9-8-22(25(38)35-26(3,4)5)34-23(36)15-33-24(37)19-11-20(27(28,29)30)13-21(31)12-19/h6-7,10-13,22,32H,8-9,14-15,31H2,1-5H3,(H,33,37)(H,34,36)(H,35,38)/t22-/m0/s1. The van der Waals surface area contributed by atoms with E-state index in [1.54, 1.807) is 0 Å². The van der Waals surface area contributed by atoms with Crippen molar-refractivity contribution in [2.45, 2.75) is 65.3 Å². The lowest BCUT2D eigenvalue weighted by Gasteiger charge is -2.26. The van der Waals surface area contributed by atoms with Gasteiger partial charge in [0.25, 0.3) is 5.91 Å². The summed E-state index contributed by atoms with van der Waals surface area (Å²) in [4.78, 5) is 37.7. The lowest BCUT2D eigenvalue weighted by Crippen LogP contribution is -2.54. The summed E-state index contributed by atoms with van der Waals surface area (Å²) in [7, 11) is 0. The highest BCUT2D eigenvalue weighted by Gasteiger charge is 2.32. The fourth-order valence-corrected chi connectivity index (χ4v) is 3.69.